The number of ether oxygens (including phenoxy) is 1. The summed E-state index contributed by atoms with van der Waals surface area (Å²) < 4.78 is 6.04. The molecule has 4 fully saturated rings. The number of carbonyl (C=O) groups excluding carboxylic acids is 1. The Balaban J connectivity index is 1.72. The maximum atomic E-state index is 12.6. The molecule has 0 aromatic heterocycles. The molecule has 3 heteroatoms. The number of carbonyl (C=O) groups is 1. The van der Waals surface area contributed by atoms with E-state index in [0.29, 0.717) is 35.4 Å². The summed E-state index contributed by atoms with van der Waals surface area (Å²) in [5.41, 5.74) is 0.111. The van der Waals surface area contributed by atoms with Crippen molar-refractivity contribution in [3.8, 4) is 0 Å². The Bertz CT molecular complexity index is 531. The Kier molecular flexibility index (Phi) is 3.93. The Morgan fingerprint density at radius 2 is 1.92 bits per heavy atom. The van der Waals surface area contributed by atoms with E-state index in [1.165, 1.54) is 12.8 Å². The highest BCUT2D eigenvalue weighted by Gasteiger charge is 2.63. The minimum absolute atomic E-state index is 0.137. The quantitative estimate of drug-likeness (QED) is 0.793. The van der Waals surface area contributed by atoms with Crippen molar-refractivity contribution in [2.75, 3.05) is 7.11 Å². The summed E-state index contributed by atoms with van der Waals surface area (Å²) in [6.45, 7) is 6.91. The van der Waals surface area contributed by atoms with Crippen LogP contribution in [0.15, 0.2) is 0 Å². The summed E-state index contributed by atoms with van der Waals surface area (Å²) in [7, 11) is 1.85. The summed E-state index contributed by atoms with van der Waals surface area (Å²) in [6, 6.07) is 0. The highest BCUT2D eigenvalue weighted by Crippen LogP contribution is 2.66. The van der Waals surface area contributed by atoms with Gasteiger partial charge in [0.05, 0.1) is 12.2 Å². The maximum absolute atomic E-state index is 12.6. The van der Waals surface area contributed by atoms with Crippen molar-refractivity contribution in [1.29, 1.82) is 0 Å². The summed E-state index contributed by atoms with van der Waals surface area (Å²) in [4.78, 5) is 12.6. The van der Waals surface area contributed by atoms with Gasteiger partial charge < -0.3 is 9.84 Å². The van der Waals surface area contributed by atoms with Crippen LogP contribution in [0.4, 0.5) is 0 Å². The number of hydrogen-bond donors (Lipinski definition) is 1. The molecule has 4 aliphatic rings. The van der Waals surface area contributed by atoms with E-state index in [4.69, 9.17) is 4.74 Å². The molecule has 24 heavy (non-hydrogen) atoms. The average molecular weight is 335 g/mol. The van der Waals surface area contributed by atoms with Gasteiger partial charge in [0.15, 0.2) is 0 Å². The second kappa shape index (κ2) is 5.54. The van der Waals surface area contributed by atoms with Crippen LogP contribution in [0.2, 0.25) is 0 Å². The molecule has 4 saturated carbocycles. The molecule has 0 aromatic carbocycles. The summed E-state index contributed by atoms with van der Waals surface area (Å²) in [6.07, 6.45) is 7.35. The Labute approximate surface area is 146 Å². The summed E-state index contributed by atoms with van der Waals surface area (Å²) >= 11 is 0. The Morgan fingerprint density at radius 1 is 1.17 bits per heavy atom. The summed E-state index contributed by atoms with van der Waals surface area (Å²) in [5.74, 6) is 3.21. The van der Waals surface area contributed by atoms with Gasteiger partial charge in [0.2, 0.25) is 0 Å². The predicted molar refractivity (Wildman–Crippen MR) is 93.5 cm³/mol. The van der Waals surface area contributed by atoms with Crippen molar-refractivity contribution >= 4 is 5.78 Å². The topological polar surface area (TPSA) is 46.5 Å². The second-order valence-corrected chi connectivity index (χ2v) is 9.92. The molecule has 0 bridgehead atoms. The molecule has 1 N–H and O–H groups in total. The number of ketones is 1. The van der Waals surface area contributed by atoms with Gasteiger partial charge in [0, 0.05) is 18.9 Å². The highest BCUT2D eigenvalue weighted by molar-refractivity contribution is 5.87. The molecule has 0 unspecified atom stereocenters. The molecule has 0 spiro atoms. The van der Waals surface area contributed by atoms with Crippen LogP contribution in [0.5, 0.6) is 0 Å². The number of fused-ring (bicyclic) bond motifs is 5. The molecule has 0 saturated heterocycles. The van der Waals surface area contributed by atoms with Crippen LogP contribution in [0.3, 0.4) is 0 Å². The standard InChI is InChI=1S/C21H34O3/c1-12-10-20(2)13(9-16(12)22)5-6-14-15-7-8-18(23)21(15,3)11-17(24-4)19(14)20/h12-17,19,22H,5-11H2,1-4H3/t12-,13+,14+,15+,16+,17+,19-,20+,21+/m1/s1. The monoisotopic (exact) mass is 334 g/mol. The predicted octanol–water partition coefficient (Wildman–Crippen LogP) is 3.83. The smallest absolute Gasteiger partial charge is 0.139 e. The number of aliphatic hydroxyl groups excluding tert-OH is 1. The lowest BCUT2D eigenvalue weighted by molar-refractivity contribution is -0.189. The lowest BCUT2D eigenvalue weighted by Gasteiger charge is -2.62. The molecular formula is C21H34O3. The SMILES string of the molecule is CO[C@H]1C[C@]2(C)C(=O)CC[C@H]2[C@@H]2CC[C@H]3C[C@H](O)[C@H](C)C[C@]3(C)[C@H]21. The first-order valence-corrected chi connectivity index (χ1v) is 10.1. The van der Waals surface area contributed by atoms with E-state index >= 15 is 0 Å². The molecule has 0 amide bonds. The Morgan fingerprint density at radius 3 is 2.62 bits per heavy atom. The van der Waals surface area contributed by atoms with Gasteiger partial charge in [-0.15, -0.1) is 0 Å². The van der Waals surface area contributed by atoms with E-state index in [1.54, 1.807) is 0 Å². The van der Waals surface area contributed by atoms with E-state index < -0.39 is 0 Å². The molecule has 0 radical (unpaired) electrons. The van der Waals surface area contributed by atoms with Crippen molar-refractivity contribution in [1.82, 2.24) is 0 Å². The van der Waals surface area contributed by atoms with Crippen LogP contribution in [0.25, 0.3) is 0 Å². The normalized spacial score (nSPS) is 57.2. The number of rotatable bonds is 1. The highest BCUT2D eigenvalue weighted by atomic mass is 16.5. The molecule has 136 valence electrons. The zero-order valence-electron chi connectivity index (χ0n) is 15.8. The van der Waals surface area contributed by atoms with E-state index in [9.17, 15) is 9.90 Å². The van der Waals surface area contributed by atoms with Gasteiger partial charge in [-0.25, -0.2) is 0 Å². The lowest BCUT2D eigenvalue weighted by Crippen LogP contribution is -2.60. The molecule has 4 aliphatic carbocycles. The third-order valence-corrected chi connectivity index (χ3v) is 8.93. The van der Waals surface area contributed by atoms with Gasteiger partial charge >= 0.3 is 0 Å². The number of methoxy groups -OCH3 is 1. The minimum Gasteiger partial charge on any atom is -0.393 e. The molecule has 0 aromatic rings. The number of Topliss-reactive ketones (excluding diaryl/α,β-unsaturated/α-hetero) is 1. The molecule has 3 nitrogen and oxygen atoms in total. The van der Waals surface area contributed by atoms with Crippen molar-refractivity contribution in [2.45, 2.75) is 77.9 Å². The Hall–Kier alpha value is -0.410. The van der Waals surface area contributed by atoms with E-state index in [-0.39, 0.29) is 23.0 Å². The third-order valence-electron chi connectivity index (χ3n) is 8.93. The van der Waals surface area contributed by atoms with Crippen molar-refractivity contribution in [3.05, 3.63) is 0 Å². The minimum atomic E-state index is -0.148. The molecule has 9 atom stereocenters. The van der Waals surface area contributed by atoms with E-state index in [0.717, 1.165) is 32.1 Å². The third kappa shape index (κ3) is 2.13. The van der Waals surface area contributed by atoms with Crippen molar-refractivity contribution in [2.24, 2.45) is 40.4 Å². The fraction of sp³-hybridized carbons (Fsp3) is 0.952. The first-order chi connectivity index (χ1) is 11.3. The molecule has 0 heterocycles. The number of hydrogen-bond acceptors (Lipinski definition) is 3. The van der Waals surface area contributed by atoms with Crippen LogP contribution in [-0.4, -0.2) is 30.2 Å². The lowest BCUT2D eigenvalue weighted by atomic mass is 9.43. The largest absolute Gasteiger partial charge is 0.393 e. The van der Waals surface area contributed by atoms with Gasteiger partial charge in [-0.3, -0.25) is 4.79 Å². The van der Waals surface area contributed by atoms with Crippen LogP contribution in [0, 0.1) is 40.4 Å². The van der Waals surface area contributed by atoms with Gasteiger partial charge in [-0.2, -0.15) is 0 Å². The van der Waals surface area contributed by atoms with Crippen LogP contribution in [0.1, 0.15) is 65.7 Å². The van der Waals surface area contributed by atoms with E-state index in [2.05, 4.69) is 20.8 Å². The van der Waals surface area contributed by atoms with Crippen molar-refractivity contribution in [3.63, 3.8) is 0 Å². The van der Waals surface area contributed by atoms with Crippen LogP contribution < -0.4 is 0 Å². The second-order valence-electron chi connectivity index (χ2n) is 9.92. The van der Waals surface area contributed by atoms with Gasteiger partial charge in [-0.1, -0.05) is 20.8 Å². The van der Waals surface area contributed by atoms with Crippen LogP contribution in [-0.2, 0) is 9.53 Å². The summed E-state index contributed by atoms with van der Waals surface area (Å²) in [5, 5.41) is 10.4. The van der Waals surface area contributed by atoms with Gasteiger partial charge in [0.25, 0.3) is 0 Å². The first kappa shape index (κ1) is 17.0. The first-order valence-electron chi connectivity index (χ1n) is 10.1. The van der Waals surface area contributed by atoms with E-state index in [1.807, 2.05) is 7.11 Å². The fourth-order valence-electron chi connectivity index (χ4n) is 7.68. The molecule has 4 rings (SSSR count). The zero-order chi connectivity index (χ0) is 17.3. The van der Waals surface area contributed by atoms with Gasteiger partial charge in [-0.05, 0) is 73.5 Å². The average Bonchev–Trinajstić information content (AvgIpc) is 2.83. The van der Waals surface area contributed by atoms with Crippen molar-refractivity contribution < 1.29 is 14.6 Å². The fourth-order valence-corrected chi connectivity index (χ4v) is 7.68. The molecule has 0 aliphatic heterocycles. The van der Waals surface area contributed by atoms with Crippen LogP contribution >= 0.6 is 0 Å². The van der Waals surface area contributed by atoms with Gasteiger partial charge in [0.1, 0.15) is 5.78 Å². The number of aliphatic hydroxyl groups is 1. The maximum Gasteiger partial charge on any atom is 0.139 e. The molecular weight excluding hydrogens is 300 g/mol. The zero-order valence-corrected chi connectivity index (χ0v) is 15.8.